The number of guanidine groups is 1. The van der Waals surface area contributed by atoms with Gasteiger partial charge in [-0.1, -0.05) is 6.42 Å². The standard InChI is InChI=1S/C14H26N6O.HI/c1-3-21-10-8-16-14(15-2)17-11-13-19-18-12-7-5-4-6-9-20(12)13;/h3-11H2,1-2H3,(H2,15,16,17);1H. The molecule has 1 aliphatic heterocycles. The van der Waals surface area contributed by atoms with E-state index in [-0.39, 0.29) is 24.0 Å². The average Bonchev–Trinajstić information content (AvgIpc) is 2.74. The molecule has 0 unspecified atom stereocenters. The Kier molecular flexibility index (Phi) is 9.37. The summed E-state index contributed by atoms with van der Waals surface area (Å²) in [6, 6.07) is 0. The van der Waals surface area contributed by atoms with Crippen LogP contribution in [0.2, 0.25) is 0 Å². The number of nitrogens with one attached hydrogen (secondary N) is 2. The lowest BCUT2D eigenvalue weighted by Gasteiger charge is -2.12. The van der Waals surface area contributed by atoms with Gasteiger partial charge >= 0.3 is 0 Å². The second-order valence-electron chi connectivity index (χ2n) is 5.04. The van der Waals surface area contributed by atoms with Gasteiger partial charge in [0, 0.05) is 33.2 Å². The summed E-state index contributed by atoms with van der Waals surface area (Å²) >= 11 is 0. The monoisotopic (exact) mass is 422 g/mol. The molecule has 8 heteroatoms. The van der Waals surface area contributed by atoms with Gasteiger partial charge < -0.3 is 19.9 Å². The van der Waals surface area contributed by atoms with E-state index in [4.69, 9.17) is 4.74 Å². The van der Waals surface area contributed by atoms with E-state index >= 15 is 0 Å². The van der Waals surface area contributed by atoms with Gasteiger partial charge in [0.15, 0.2) is 11.8 Å². The zero-order valence-electron chi connectivity index (χ0n) is 13.5. The summed E-state index contributed by atoms with van der Waals surface area (Å²) in [5.41, 5.74) is 0. The minimum Gasteiger partial charge on any atom is -0.380 e. The molecule has 0 amide bonds. The van der Waals surface area contributed by atoms with Crippen molar-refractivity contribution >= 4 is 29.9 Å². The average molecular weight is 422 g/mol. The summed E-state index contributed by atoms with van der Waals surface area (Å²) in [4.78, 5) is 4.20. The van der Waals surface area contributed by atoms with Gasteiger partial charge in [0.25, 0.3) is 0 Å². The molecule has 2 N–H and O–H groups in total. The number of halogens is 1. The number of hydrogen-bond acceptors (Lipinski definition) is 4. The number of aliphatic imine (C=N–C) groups is 1. The second kappa shape index (κ2) is 10.8. The van der Waals surface area contributed by atoms with Crippen LogP contribution < -0.4 is 10.6 Å². The van der Waals surface area contributed by atoms with Crippen LogP contribution in [-0.4, -0.2) is 47.5 Å². The van der Waals surface area contributed by atoms with Crippen LogP contribution in [0, 0.1) is 0 Å². The van der Waals surface area contributed by atoms with Crippen molar-refractivity contribution < 1.29 is 4.74 Å². The Morgan fingerprint density at radius 3 is 2.91 bits per heavy atom. The van der Waals surface area contributed by atoms with Crippen LogP contribution >= 0.6 is 24.0 Å². The Morgan fingerprint density at radius 2 is 2.14 bits per heavy atom. The minimum absolute atomic E-state index is 0. The summed E-state index contributed by atoms with van der Waals surface area (Å²) < 4.78 is 7.54. The third kappa shape index (κ3) is 5.71. The van der Waals surface area contributed by atoms with Crippen molar-refractivity contribution in [2.45, 2.75) is 45.7 Å². The summed E-state index contributed by atoms with van der Waals surface area (Å²) in [6.45, 7) is 5.81. The number of nitrogens with zero attached hydrogens (tertiary/aromatic N) is 4. The highest BCUT2D eigenvalue weighted by Crippen LogP contribution is 2.14. The third-order valence-electron chi connectivity index (χ3n) is 3.57. The van der Waals surface area contributed by atoms with Crippen LogP contribution in [0.4, 0.5) is 0 Å². The van der Waals surface area contributed by atoms with Crippen LogP contribution in [0.3, 0.4) is 0 Å². The summed E-state index contributed by atoms with van der Waals surface area (Å²) in [5.74, 6) is 2.86. The van der Waals surface area contributed by atoms with E-state index in [2.05, 4.69) is 30.4 Å². The lowest BCUT2D eigenvalue weighted by Crippen LogP contribution is -2.39. The highest BCUT2D eigenvalue weighted by atomic mass is 127. The van der Waals surface area contributed by atoms with Crippen molar-refractivity contribution in [1.82, 2.24) is 25.4 Å². The smallest absolute Gasteiger partial charge is 0.191 e. The zero-order valence-corrected chi connectivity index (χ0v) is 15.8. The molecule has 1 aliphatic rings. The SMILES string of the molecule is CCOCCNC(=NC)NCc1nnc2n1CCCCC2.I. The molecule has 0 bridgehead atoms. The fourth-order valence-electron chi connectivity index (χ4n) is 2.45. The lowest BCUT2D eigenvalue weighted by atomic mass is 10.2. The molecule has 0 fully saturated rings. The fourth-order valence-corrected chi connectivity index (χ4v) is 2.45. The summed E-state index contributed by atoms with van der Waals surface area (Å²) in [7, 11) is 1.76. The van der Waals surface area contributed by atoms with Gasteiger partial charge in [0.05, 0.1) is 13.2 Å². The van der Waals surface area contributed by atoms with Crippen LogP contribution in [0.5, 0.6) is 0 Å². The Morgan fingerprint density at radius 1 is 1.27 bits per heavy atom. The number of ether oxygens (including phenoxy) is 1. The van der Waals surface area contributed by atoms with Crippen molar-refractivity contribution in [2.75, 3.05) is 26.8 Å². The Balaban J connectivity index is 0.00000242. The van der Waals surface area contributed by atoms with E-state index in [1.54, 1.807) is 7.05 Å². The zero-order chi connectivity index (χ0) is 14.9. The van der Waals surface area contributed by atoms with Crippen molar-refractivity contribution in [3.63, 3.8) is 0 Å². The van der Waals surface area contributed by atoms with Gasteiger partial charge in [-0.3, -0.25) is 4.99 Å². The lowest BCUT2D eigenvalue weighted by molar-refractivity contribution is 0.152. The molecule has 0 atom stereocenters. The normalized spacial score (nSPS) is 14.7. The van der Waals surface area contributed by atoms with E-state index in [9.17, 15) is 0 Å². The molecule has 2 rings (SSSR count). The minimum atomic E-state index is 0. The molecule has 1 aromatic heterocycles. The first kappa shape index (κ1) is 19.1. The van der Waals surface area contributed by atoms with E-state index in [1.165, 1.54) is 19.3 Å². The molecular weight excluding hydrogens is 395 g/mol. The predicted octanol–water partition coefficient (Wildman–Crippen LogP) is 1.32. The van der Waals surface area contributed by atoms with Gasteiger partial charge in [-0.2, -0.15) is 0 Å². The van der Waals surface area contributed by atoms with Gasteiger partial charge in [-0.15, -0.1) is 34.2 Å². The molecule has 0 aromatic carbocycles. The molecule has 2 heterocycles. The molecule has 0 aliphatic carbocycles. The van der Waals surface area contributed by atoms with Crippen molar-refractivity contribution in [3.8, 4) is 0 Å². The first-order chi connectivity index (χ1) is 10.3. The largest absolute Gasteiger partial charge is 0.380 e. The quantitative estimate of drug-likeness (QED) is 0.313. The number of fused-ring (bicyclic) bond motifs is 1. The van der Waals surface area contributed by atoms with Gasteiger partial charge in [-0.05, 0) is 19.8 Å². The van der Waals surface area contributed by atoms with E-state index in [0.29, 0.717) is 13.2 Å². The first-order valence-corrected chi connectivity index (χ1v) is 7.78. The molecule has 126 valence electrons. The van der Waals surface area contributed by atoms with E-state index < -0.39 is 0 Å². The highest BCUT2D eigenvalue weighted by molar-refractivity contribution is 14.0. The maximum Gasteiger partial charge on any atom is 0.191 e. The number of hydrogen-bond donors (Lipinski definition) is 2. The molecule has 1 aromatic rings. The molecule has 0 spiro atoms. The molecule has 0 radical (unpaired) electrons. The van der Waals surface area contributed by atoms with Gasteiger partial charge in [0.2, 0.25) is 0 Å². The molecule has 0 saturated carbocycles. The van der Waals surface area contributed by atoms with Crippen LogP contribution in [-0.2, 0) is 24.2 Å². The maximum absolute atomic E-state index is 5.30. The molecule has 22 heavy (non-hydrogen) atoms. The number of aromatic nitrogens is 3. The van der Waals surface area contributed by atoms with Crippen LogP contribution in [0.1, 0.15) is 37.8 Å². The second-order valence-corrected chi connectivity index (χ2v) is 5.04. The topological polar surface area (TPSA) is 76.4 Å². The van der Waals surface area contributed by atoms with Crippen molar-refractivity contribution in [1.29, 1.82) is 0 Å². The Labute approximate surface area is 149 Å². The van der Waals surface area contributed by atoms with E-state index in [0.717, 1.165) is 43.7 Å². The predicted molar refractivity (Wildman–Crippen MR) is 97.7 cm³/mol. The van der Waals surface area contributed by atoms with Gasteiger partial charge in [0.1, 0.15) is 5.82 Å². The number of rotatable bonds is 6. The number of aryl methyl sites for hydroxylation is 1. The van der Waals surface area contributed by atoms with Crippen molar-refractivity contribution in [3.05, 3.63) is 11.6 Å². The highest BCUT2D eigenvalue weighted by Gasteiger charge is 2.14. The Hall–Kier alpha value is -0.900. The third-order valence-corrected chi connectivity index (χ3v) is 3.57. The molecular formula is C14H27IN6O. The van der Waals surface area contributed by atoms with Crippen molar-refractivity contribution in [2.24, 2.45) is 4.99 Å². The molecule has 7 nitrogen and oxygen atoms in total. The van der Waals surface area contributed by atoms with Crippen LogP contribution in [0.25, 0.3) is 0 Å². The fraction of sp³-hybridized carbons (Fsp3) is 0.786. The first-order valence-electron chi connectivity index (χ1n) is 7.78. The Bertz CT molecular complexity index is 462. The van der Waals surface area contributed by atoms with Crippen LogP contribution in [0.15, 0.2) is 4.99 Å². The summed E-state index contributed by atoms with van der Waals surface area (Å²) in [5, 5.41) is 15.1. The van der Waals surface area contributed by atoms with Gasteiger partial charge in [-0.25, -0.2) is 0 Å². The maximum atomic E-state index is 5.30. The van der Waals surface area contributed by atoms with E-state index in [1.807, 2.05) is 6.92 Å². The summed E-state index contributed by atoms with van der Waals surface area (Å²) in [6.07, 6.45) is 4.73. The molecule has 0 saturated heterocycles.